The van der Waals surface area contributed by atoms with E-state index in [0.29, 0.717) is 19.1 Å². The first-order chi connectivity index (χ1) is 22.5. The Hall–Kier alpha value is -2.17. The summed E-state index contributed by atoms with van der Waals surface area (Å²) in [5, 5.41) is 0. The second-order valence-corrected chi connectivity index (χ2v) is 14.2. The molecule has 2 saturated carbocycles. The molecule has 0 amide bonds. The van der Waals surface area contributed by atoms with E-state index in [1.54, 1.807) is 29.4 Å². The second kappa shape index (κ2) is 19.6. The van der Waals surface area contributed by atoms with Crippen molar-refractivity contribution in [3.05, 3.63) is 69.8 Å². The van der Waals surface area contributed by atoms with Gasteiger partial charge in [0.25, 0.3) is 0 Å². The fourth-order valence-electron chi connectivity index (χ4n) is 8.57. The summed E-state index contributed by atoms with van der Waals surface area (Å²) < 4.78 is 16.7. The molecule has 2 aliphatic rings. The maximum absolute atomic E-state index is 11.2. The molecule has 0 aromatic heterocycles. The number of unbranched alkanes of at least 4 members (excludes halogenated alkanes) is 2. The van der Waals surface area contributed by atoms with E-state index in [9.17, 15) is 4.79 Å². The van der Waals surface area contributed by atoms with Crippen LogP contribution in [0.3, 0.4) is 0 Å². The Kier molecular flexibility index (Phi) is 15.6. The number of hydrogen-bond donors (Lipinski definition) is 0. The molecule has 2 aliphatic carbocycles. The van der Waals surface area contributed by atoms with E-state index >= 15 is 0 Å². The molecule has 0 saturated heterocycles. The summed E-state index contributed by atoms with van der Waals surface area (Å²) in [7, 11) is 1.75. The molecule has 0 N–H and O–H groups in total. The highest BCUT2D eigenvalue weighted by molar-refractivity contribution is 5.65. The fraction of sp³-hybridized carbons (Fsp3) is 0.690. The summed E-state index contributed by atoms with van der Waals surface area (Å²) in [4.78, 5) is 11.2. The molecule has 0 aliphatic heterocycles. The van der Waals surface area contributed by atoms with Crippen LogP contribution in [0.1, 0.15) is 162 Å². The van der Waals surface area contributed by atoms with Gasteiger partial charge in [-0.05, 0) is 147 Å². The van der Waals surface area contributed by atoms with Gasteiger partial charge in [-0.1, -0.05) is 70.0 Å². The van der Waals surface area contributed by atoms with E-state index in [4.69, 9.17) is 14.2 Å². The second-order valence-electron chi connectivity index (χ2n) is 14.2. The van der Waals surface area contributed by atoms with Gasteiger partial charge in [-0.15, -0.1) is 0 Å². The number of esters is 1. The van der Waals surface area contributed by atoms with Crippen LogP contribution in [0, 0.1) is 11.8 Å². The van der Waals surface area contributed by atoms with Gasteiger partial charge in [0.2, 0.25) is 0 Å². The van der Waals surface area contributed by atoms with Crippen molar-refractivity contribution in [2.24, 2.45) is 11.8 Å². The summed E-state index contributed by atoms with van der Waals surface area (Å²) >= 11 is 0. The minimum atomic E-state index is -0.260. The van der Waals surface area contributed by atoms with Crippen molar-refractivity contribution in [1.82, 2.24) is 0 Å². The SMILES string of the molecule is CCCCCc1ccc(C2CCC(C3CCC(c4ccc(C(CCCOC)OCCOC(C)=O)cc4CC)CC3)CC2)c(CC)c1. The van der Waals surface area contributed by atoms with E-state index in [1.807, 2.05) is 0 Å². The molecular weight excluding hydrogens is 568 g/mol. The summed E-state index contributed by atoms with van der Waals surface area (Å²) in [6.07, 6.45) is 20.2. The van der Waals surface area contributed by atoms with Crippen molar-refractivity contribution in [3.63, 3.8) is 0 Å². The van der Waals surface area contributed by atoms with Gasteiger partial charge in [-0.2, -0.15) is 0 Å². The van der Waals surface area contributed by atoms with Crippen molar-refractivity contribution >= 4 is 5.97 Å². The largest absolute Gasteiger partial charge is 0.463 e. The molecule has 4 rings (SSSR count). The first-order valence-electron chi connectivity index (χ1n) is 18.9. The molecule has 256 valence electrons. The average molecular weight is 633 g/mol. The molecule has 2 fully saturated rings. The Morgan fingerprint density at radius 1 is 0.739 bits per heavy atom. The van der Waals surface area contributed by atoms with Crippen LogP contribution in [0.4, 0.5) is 0 Å². The highest BCUT2D eigenvalue weighted by Gasteiger charge is 2.32. The first kappa shape index (κ1) is 36.7. The van der Waals surface area contributed by atoms with Crippen LogP contribution in [0.2, 0.25) is 0 Å². The van der Waals surface area contributed by atoms with E-state index in [-0.39, 0.29) is 12.1 Å². The minimum Gasteiger partial charge on any atom is -0.463 e. The third kappa shape index (κ3) is 10.7. The van der Waals surface area contributed by atoms with Crippen molar-refractivity contribution < 1.29 is 19.0 Å². The van der Waals surface area contributed by atoms with Crippen molar-refractivity contribution in [1.29, 1.82) is 0 Å². The number of methoxy groups -OCH3 is 1. The summed E-state index contributed by atoms with van der Waals surface area (Å²) in [5.74, 6) is 3.01. The molecule has 4 nitrogen and oxygen atoms in total. The van der Waals surface area contributed by atoms with Crippen LogP contribution in [0.25, 0.3) is 0 Å². The Bertz CT molecular complexity index is 1170. The highest BCUT2D eigenvalue weighted by atomic mass is 16.6. The van der Waals surface area contributed by atoms with Gasteiger partial charge in [0.1, 0.15) is 6.61 Å². The summed E-state index contributed by atoms with van der Waals surface area (Å²) in [5.41, 5.74) is 9.11. The zero-order chi connectivity index (χ0) is 32.7. The maximum atomic E-state index is 11.2. The molecule has 0 heterocycles. The molecule has 0 bridgehead atoms. The standard InChI is InChI=1S/C42H64O4/c1-6-9-10-12-32-14-24-40(33(7-2)29-32)37-19-15-35(16-20-37)36-17-21-38(22-18-36)41-25-23-39(30-34(41)8-3)42(13-11-26-44-5)46-28-27-45-31(4)43/h14,23-25,29-30,35-38,42H,6-13,15-22,26-28H2,1-5H3. The molecule has 4 heteroatoms. The van der Waals surface area contributed by atoms with Crippen LogP contribution in [-0.4, -0.2) is 32.9 Å². The number of aryl methyl sites for hydroxylation is 3. The number of carbonyl (C=O) groups excluding carboxylic acids is 1. The van der Waals surface area contributed by atoms with Gasteiger partial charge >= 0.3 is 5.97 Å². The van der Waals surface area contributed by atoms with Gasteiger partial charge in [0, 0.05) is 20.6 Å². The molecule has 1 unspecified atom stereocenters. The van der Waals surface area contributed by atoms with Crippen LogP contribution in [0.5, 0.6) is 0 Å². The van der Waals surface area contributed by atoms with Crippen LogP contribution in [-0.2, 0) is 38.3 Å². The third-order valence-corrected chi connectivity index (χ3v) is 11.2. The lowest BCUT2D eigenvalue weighted by Gasteiger charge is -2.39. The predicted octanol–water partition coefficient (Wildman–Crippen LogP) is 10.8. The zero-order valence-corrected chi connectivity index (χ0v) is 29.9. The number of carbonyl (C=O) groups is 1. The zero-order valence-electron chi connectivity index (χ0n) is 29.9. The number of ether oxygens (including phenoxy) is 3. The Morgan fingerprint density at radius 2 is 1.35 bits per heavy atom. The van der Waals surface area contributed by atoms with Crippen LogP contribution < -0.4 is 0 Å². The van der Waals surface area contributed by atoms with E-state index in [1.165, 1.54) is 102 Å². The van der Waals surface area contributed by atoms with Gasteiger partial charge in [-0.3, -0.25) is 4.79 Å². The molecule has 0 spiro atoms. The van der Waals surface area contributed by atoms with Gasteiger partial charge in [0.15, 0.2) is 0 Å². The third-order valence-electron chi connectivity index (χ3n) is 11.2. The summed E-state index contributed by atoms with van der Waals surface area (Å²) in [6.45, 7) is 9.81. The summed E-state index contributed by atoms with van der Waals surface area (Å²) in [6, 6.07) is 14.6. The molecule has 46 heavy (non-hydrogen) atoms. The van der Waals surface area contributed by atoms with Gasteiger partial charge in [-0.25, -0.2) is 0 Å². The maximum Gasteiger partial charge on any atom is 0.302 e. The van der Waals surface area contributed by atoms with Crippen molar-refractivity contribution in [3.8, 4) is 0 Å². The van der Waals surface area contributed by atoms with Crippen LogP contribution in [0.15, 0.2) is 36.4 Å². The molecule has 1 atom stereocenters. The van der Waals surface area contributed by atoms with E-state index in [2.05, 4.69) is 57.2 Å². The van der Waals surface area contributed by atoms with E-state index < -0.39 is 0 Å². The lowest BCUT2D eigenvalue weighted by molar-refractivity contribution is -0.143. The molecular formula is C42H64O4. The number of rotatable bonds is 18. The smallest absolute Gasteiger partial charge is 0.302 e. The number of hydrogen-bond acceptors (Lipinski definition) is 4. The lowest BCUT2D eigenvalue weighted by atomic mass is 9.67. The van der Waals surface area contributed by atoms with Crippen molar-refractivity contribution in [2.75, 3.05) is 26.9 Å². The fourth-order valence-corrected chi connectivity index (χ4v) is 8.57. The Labute approximate surface area is 281 Å². The van der Waals surface area contributed by atoms with Gasteiger partial charge in [0.05, 0.1) is 12.7 Å². The highest BCUT2D eigenvalue weighted by Crippen LogP contribution is 2.47. The normalized spacial score (nSPS) is 22.5. The molecule has 0 radical (unpaired) electrons. The average Bonchev–Trinajstić information content (AvgIpc) is 3.09. The molecule has 2 aromatic rings. The predicted molar refractivity (Wildman–Crippen MR) is 191 cm³/mol. The quantitative estimate of drug-likeness (QED) is 0.121. The minimum absolute atomic E-state index is 0.00643. The molecule has 2 aromatic carbocycles. The van der Waals surface area contributed by atoms with Crippen LogP contribution >= 0.6 is 0 Å². The van der Waals surface area contributed by atoms with E-state index in [0.717, 1.165) is 43.6 Å². The van der Waals surface area contributed by atoms with Crippen molar-refractivity contribution in [2.45, 2.75) is 148 Å². The lowest BCUT2D eigenvalue weighted by Crippen LogP contribution is -2.25. The topological polar surface area (TPSA) is 44.8 Å². The van der Waals surface area contributed by atoms with Gasteiger partial charge < -0.3 is 14.2 Å². The number of benzene rings is 2. The Balaban J connectivity index is 1.30. The first-order valence-corrected chi connectivity index (χ1v) is 18.9. The monoisotopic (exact) mass is 632 g/mol. The Morgan fingerprint density at radius 3 is 1.91 bits per heavy atom.